The maximum Gasteiger partial charge on any atom is 0.401 e. The summed E-state index contributed by atoms with van der Waals surface area (Å²) in [7, 11) is 1.79. The SMILES string of the molecule is CCOC1CC(NC(=NC)NCCC2CCN(CC(F)(F)F)CC2)C12CCC2.I. The molecule has 2 N–H and O–H groups in total. The molecule has 0 aromatic carbocycles. The van der Waals surface area contributed by atoms with E-state index in [-0.39, 0.29) is 24.0 Å². The molecule has 1 saturated heterocycles. The highest BCUT2D eigenvalue weighted by atomic mass is 127. The second kappa shape index (κ2) is 10.8. The number of likely N-dealkylation sites (tertiary alicyclic amines) is 1. The summed E-state index contributed by atoms with van der Waals surface area (Å²) in [6, 6.07) is 0.426. The lowest BCUT2D eigenvalue weighted by Crippen LogP contribution is -2.68. The number of aliphatic imine (C=N–C) groups is 1. The first-order valence-corrected chi connectivity index (χ1v) is 10.7. The second-order valence-electron chi connectivity index (χ2n) is 8.59. The van der Waals surface area contributed by atoms with Crippen molar-refractivity contribution < 1.29 is 17.9 Å². The predicted octanol–water partition coefficient (Wildman–Crippen LogP) is 3.78. The molecule has 0 aromatic heterocycles. The summed E-state index contributed by atoms with van der Waals surface area (Å²) < 4.78 is 43.3. The van der Waals surface area contributed by atoms with E-state index in [1.54, 1.807) is 7.05 Å². The highest BCUT2D eigenvalue weighted by Gasteiger charge is 2.59. The van der Waals surface area contributed by atoms with Crippen molar-refractivity contribution in [3.05, 3.63) is 0 Å². The Balaban J connectivity index is 0.00000300. The number of alkyl halides is 3. The van der Waals surface area contributed by atoms with Crippen LogP contribution in [0.4, 0.5) is 13.2 Å². The van der Waals surface area contributed by atoms with Gasteiger partial charge >= 0.3 is 6.18 Å². The van der Waals surface area contributed by atoms with Crippen molar-refractivity contribution in [1.82, 2.24) is 15.5 Å². The number of ether oxygens (including phenoxy) is 1. The molecule has 3 rings (SSSR count). The van der Waals surface area contributed by atoms with Crippen LogP contribution in [-0.4, -0.2) is 69.0 Å². The highest BCUT2D eigenvalue weighted by Crippen LogP contribution is 2.57. The lowest BCUT2D eigenvalue weighted by molar-refractivity contribution is -0.168. The first-order valence-electron chi connectivity index (χ1n) is 10.7. The minimum absolute atomic E-state index is 0. The van der Waals surface area contributed by atoms with E-state index in [1.807, 2.05) is 0 Å². The van der Waals surface area contributed by atoms with Gasteiger partial charge in [-0.1, -0.05) is 6.42 Å². The van der Waals surface area contributed by atoms with E-state index in [9.17, 15) is 13.2 Å². The minimum atomic E-state index is -4.09. The minimum Gasteiger partial charge on any atom is -0.378 e. The van der Waals surface area contributed by atoms with Crippen LogP contribution in [0, 0.1) is 11.3 Å². The molecule has 9 heteroatoms. The third-order valence-corrected chi connectivity index (χ3v) is 6.93. The van der Waals surface area contributed by atoms with E-state index in [1.165, 1.54) is 24.2 Å². The summed E-state index contributed by atoms with van der Waals surface area (Å²) >= 11 is 0. The van der Waals surface area contributed by atoms with Gasteiger partial charge in [-0.2, -0.15) is 13.2 Å². The van der Waals surface area contributed by atoms with Gasteiger partial charge in [-0.3, -0.25) is 9.89 Å². The van der Waals surface area contributed by atoms with Gasteiger partial charge in [0.05, 0.1) is 12.6 Å². The molecule has 2 unspecified atom stereocenters. The first kappa shape index (κ1) is 25.0. The summed E-state index contributed by atoms with van der Waals surface area (Å²) in [5, 5.41) is 6.98. The monoisotopic (exact) mass is 532 g/mol. The van der Waals surface area contributed by atoms with E-state index in [2.05, 4.69) is 22.5 Å². The Morgan fingerprint density at radius 2 is 1.93 bits per heavy atom. The van der Waals surface area contributed by atoms with Crippen LogP contribution in [0.5, 0.6) is 0 Å². The molecule has 170 valence electrons. The lowest BCUT2D eigenvalue weighted by Gasteiger charge is -2.61. The molecule has 1 heterocycles. The van der Waals surface area contributed by atoms with Gasteiger partial charge in [0, 0.05) is 31.7 Å². The molecule has 29 heavy (non-hydrogen) atoms. The van der Waals surface area contributed by atoms with E-state index in [4.69, 9.17) is 4.74 Å². The smallest absolute Gasteiger partial charge is 0.378 e. The second-order valence-corrected chi connectivity index (χ2v) is 8.59. The summed E-state index contributed by atoms with van der Waals surface area (Å²) in [6.45, 7) is 3.94. The normalized spacial score (nSPS) is 27.7. The number of nitrogens with one attached hydrogen (secondary N) is 2. The van der Waals surface area contributed by atoms with Gasteiger partial charge in [0.25, 0.3) is 0 Å². The van der Waals surface area contributed by atoms with Crippen LogP contribution in [-0.2, 0) is 4.74 Å². The summed E-state index contributed by atoms with van der Waals surface area (Å²) in [5.41, 5.74) is 0.291. The summed E-state index contributed by atoms with van der Waals surface area (Å²) in [5.74, 6) is 1.32. The van der Waals surface area contributed by atoms with Crippen molar-refractivity contribution in [3.63, 3.8) is 0 Å². The van der Waals surface area contributed by atoms with Crippen molar-refractivity contribution in [2.45, 2.75) is 70.2 Å². The topological polar surface area (TPSA) is 48.9 Å². The van der Waals surface area contributed by atoms with E-state index in [0.29, 0.717) is 36.6 Å². The fourth-order valence-electron chi connectivity index (χ4n) is 5.08. The molecule has 3 fully saturated rings. The van der Waals surface area contributed by atoms with Gasteiger partial charge in [-0.05, 0) is 64.5 Å². The lowest BCUT2D eigenvalue weighted by atomic mass is 9.51. The number of halogens is 4. The van der Waals surface area contributed by atoms with Crippen molar-refractivity contribution in [2.24, 2.45) is 16.3 Å². The molecule has 2 aliphatic carbocycles. The molecule has 1 spiro atoms. The van der Waals surface area contributed by atoms with Crippen molar-refractivity contribution in [3.8, 4) is 0 Å². The zero-order valence-corrected chi connectivity index (χ0v) is 19.9. The number of guanidine groups is 1. The van der Waals surface area contributed by atoms with Crippen LogP contribution in [0.15, 0.2) is 4.99 Å². The highest BCUT2D eigenvalue weighted by molar-refractivity contribution is 14.0. The quantitative estimate of drug-likeness (QED) is 0.298. The molecule has 3 aliphatic rings. The molecular formula is C20H36F3IN4O. The molecule has 1 aliphatic heterocycles. The molecule has 5 nitrogen and oxygen atoms in total. The molecular weight excluding hydrogens is 496 g/mol. The molecule has 0 amide bonds. The van der Waals surface area contributed by atoms with E-state index in [0.717, 1.165) is 44.8 Å². The third kappa shape index (κ3) is 6.35. The molecule has 0 aromatic rings. The number of hydrogen-bond acceptors (Lipinski definition) is 3. The maximum absolute atomic E-state index is 12.5. The Morgan fingerprint density at radius 3 is 2.45 bits per heavy atom. The van der Waals surface area contributed by atoms with Crippen molar-refractivity contribution in [2.75, 3.05) is 39.8 Å². The molecule has 0 bridgehead atoms. The van der Waals surface area contributed by atoms with Gasteiger partial charge < -0.3 is 15.4 Å². The zero-order valence-electron chi connectivity index (χ0n) is 17.6. The maximum atomic E-state index is 12.5. The number of piperidine rings is 1. The summed E-state index contributed by atoms with van der Waals surface area (Å²) in [4.78, 5) is 5.88. The van der Waals surface area contributed by atoms with Crippen LogP contribution < -0.4 is 10.6 Å². The average molecular weight is 532 g/mol. The van der Waals surface area contributed by atoms with Crippen LogP contribution in [0.3, 0.4) is 0 Å². The van der Waals surface area contributed by atoms with Gasteiger partial charge in [0.2, 0.25) is 0 Å². The van der Waals surface area contributed by atoms with Gasteiger partial charge in [-0.15, -0.1) is 24.0 Å². The van der Waals surface area contributed by atoms with Crippen LogP contribution in [0.1, 0.15) is 51.9 Å². The average Bonchev–Trinajstić information content (AvgIpc) is 2.58. The standard InChI is InChI=1S/C20H35F3N4O.HI/c1-3-28-17-13-16(19(17)8-4-9-19)26-18(24-2)25-10-5-15-6-11-27(12-7-15)14-20(21,22)23;/h15-17H,3-14H2,1-2H3,(H2,24,25,26);1H. The Labute approximate surface area is 189 Å². The Hall–Kier alpha value is -0.290. The zero-order chi connectivity index (χ0) is 20.2. The Morgan fingerprint density at radius 1 is 1.24 bits per heavy atom. The predicted molar refractivity (Wildman–Crippen MR) is 120 cm³/mol. The van der Waals surface area contributed by atoms with E-state index >= 15 is 0 Å². The third-order valence-electron chi connectivity index (χ3n) is 6.93. The Kier molecular flexibility index (Phi) is 9.33. The number of nitrogens with zero attached hydrogens (tertiary/aromatic N) is 2. The van der Waals surface area contributed by atoms with Gasteiger partial charge in [0.15, 0.2) is 5.96 Å². The van der Waals surface area contributed by atoms with Crippen LogP contribution in [0.2, 0.25) is 0 Å². The largest absolute Gasteiger partial charge is 0.401 e. The van der Waals surface area contributed by atoms with Crippen LogP contribution in [0.25, 0.3) is 0 Å². The van der Waals surface area contributed by atoms with Crippen molar-refractivity contribution >= 4 is 29.9 Å². The summed E-state index contributed by atoms with van der Waals surface area (Å²) in [6.07, 6.45) is 3.70. The van der Waals surface area contributed by atoms with Gasteiger partial charge in [-0.25, -0.2) is 0 Å². The Bertz CT molecular complexity index is 534. The fraction of sp³-hybridized carbons (Fsp3) is 0.950. The molecule has 2 atom stereocenters. The fourth-order valence-corrected chi connectivity index (χ4v) is 5.08. The number of rotatable bonds is 7. The number of hydrogen-bond donors (Lipinski definition) is 2. The molecule has 2 saturated carbocycles. The van der Waals surface area contributed by atoms with Gasteiger partial charge in [0.1, 0.15) is 0 Å². The van der Waals surface area contributed by atoms with E-state index < -0.39 is 12.7 Å². The van der Waals surface area contributed by atoms with Crippen LogP contribution >= 0.6 is 24.0 Å². The first-order chi connectivity index (χ1) is 13.4. The molecule has 0 radical (unpaired) electrons. The van der Waals surface area contributed by atoms with Crippen molar-refractivity contribution in [1.29, 1.82) is 0 Å².